The minimum Gasteiger partial charge on any atom is -0.461 e. The summed E-state index contributed by atoms with van der Waals surface area (Å²) >= 11 is 0. The van der Waals surface area contributed by atoms with Crippen LogP contribution in [-0.4, -0.2) is 21.2 Å². The highest BCUT2D eigenvalue weighted by Gasteiger charge is 2.12. The molecule has 1 amide bonds. The van der Waals surface area contributed by atoms with Crippen LogP contribution in [0.2, 0.25) is 0 Å². The van der Waals surface area contributed by atoms with Gasteiger partial charge in [0, 0.05) is 19.4 Å². The molecule has 2 aromatic heterocycles. The Bertz CT molecular complexity index is 796. The van der Waals surface area contributed by atoms with E-state index in [0.717, 1.165) is 11.1 Å². The van der Waals surface area contributed by atoms with Gasteiger partial charge in [-0.1, -0.05) is 29.4 Å². The van der Waals surface area contributed by atoms with E-state index in [2.05, 4.69) is 15.5 Å². The van der Waals surface area contributed by atoms with Crippen LogP contribution in [0.3, 0.4) is 0 Å². The van der Waals surface area contributed by atoms with Crippen LogP contribution in [0, 0.1) is 0 Å². The first-order chi connectivity index (χ1) is 11.8. The molecule has 7 heteroatoms. The van der Waals surface area contributed by atoms with Gasteiger partial charge in [-0.15, -0.1) is 0 Å². The minimum absolute atomic E-state index is 0.0520. The Balaban J connectivity index is 1.49. The first-order valence-electron chi connectivity index (χ1n) is 7.57. The van der Waals surface area contributed by atoms with Gasteiger partial charge in [0.2, 0.25) is 17.6 Å². The Morgan fingerprint density at radius 1 is 1.17 bits per heavy atom. The largest absolute Gasteiger partial charge is 0.461 e. The van der Waals surface area contributed by atoms with Gasteiger partial charge in [0.1, 0.15) is 0 Å². The monoisotopic (exact) mass is 327 g/mol. The molecule has 0 saturated heterocycles. The van der Waals surface area contributed by atoms with Crippen LogP contribution >= 0.6 is 0 Å². The van der Waals surface area contributed by atoms with Crippen molar-refractivity contribution in [2.45, 2.75) is 26.0 Å². The fraction of sp³-hybridized carbons (Fsp3) is 0.235. The summed E-state index contributed by atoms with van der Waals surface area (Å²) in [6, 6.07) is 10.9. The second kappa shape index (κ2) is 7.56. The number of aliphatic hydroxyl groups excluding tert-OH is 1. The fourth-order valence-corrected chi connectivity index (χ4v) is 2.25. The van der Waals surface area contributed by atoms with Crippen molar-refractivity contribution in [3.63, 3.8) is 0 Å². The summed E-state index contributed by atoms with van der Waals surface area (Å²) in [6.07, 6.45) is 2.12. The van der Waals surface area contributed by atoms with Crippen molar-refractivity contribution in [2.24, 2.45) is 0 Å². The lowest BCUT2D eigenvalue weighted by molar-refractivity contribution is -0.121. The first kappa shape index (κ1) is 15.9. The molecule has 2 heterocycles. The van der Waals surface area contributed by atoms with E-state index in [0.29, 0.717) is 30.4 Å². The number of aryl methyl sites for hydroxylation is 1. The van der Waals surface area contributed by atoms with E-state index in [1.807, 2.05) is 24.3 Å². The number of furan rings is 1. The van der Waals surface area contributed by atoms with E-state index in [9.17, 15) is 9.90 Å². The van der Waals surface area contributed by atoms with Crippen LogP contribution in [0.4, 0.5) is 0 Å². The molecule has 7 nitrogen and oxygen atoms in total. The SMILES string of the molecule is O=C(CCc1nc(-c2ccco2)no1)NCc1ccccc1CO. The minimum atomic E-state index is -0.125. The fourth-order valence-electron chi connectivity index (χ4n) is 2.25. The van der Waals surface area contributed by atoms with Crippen molar-refractivity contribution < 1.29 is 18.8 Å². The number of amides is 1. The second-order valence-electron chi connectivity index (χ2n) is 5.19. The summed E-state index contributed by atoms with van der Waals surface area (Å²) in [5, 5.41) is 15.9. The van der Waals surface area contributed by atoms with Crippen molar-refractivity contribution in [1.29, 1.82) is 0 Å². The summed E-state index contributed by atoms with van der Waals surface area (Å²) in [4.78, 5) is 16.1. The Hall–Kier alpha value is -2.93. The molecule has 2 N–H and O–H groups in total. The third-order valence-electron chi connectivity index (χ3n) is 3.54. The van der Waals surface area contributed by atoms with E-state index >= 15 is 0 Å². The van der Waals surface area contributed by atoms with Crippen molar-refractivity contribution in [2.75, 3.05) is 0 Å². The number of hydrogen-bond acceptors (Lipinski definition) is 6. The number of aliphatic hydroxyl groups is 1. The molecule has 0 unspecified atom stereocenters. The molecular weight excluding hydrogens is 310 g/mol. The van der Waals surface area contributed by atoms with E-state index in [1.54, 1.807) is 12.1 Å². The number of carbonyl (C=O) groups excluding carboxylic acids is 1. The summed E-state index contributed by atoms with van der Waals surface area (Å²) in [6.45, 7) is 0.320. The molecule has 0 saturated carbocycles. The van der Waals surface area contributed by atoms with Gasteiger partial charge in [0.15, 0.2) is 5.76 Å². The standard InChI is InChI=1S/C17H17N3O4/c21-11-13-5-2-1-4-12(13)10-18-15(22)7-8-16-19-17(20-24-16)14-6-3-9-23-14/h1-6,9,21H,7-8,10-11H2,(H,18,22). The Morgan fingerprint density at radius 2 is 2.00 bits per heavy atom. The van der Waals surface area contributed by atoms with Crippen LogP contribution < -0.4 is 5.32 Å². The molecule has 0 radical (unpaired) electrons. The highest BCUT2D eigenvalue weighted by Crippen LogP contribution is 2.16. The summed E-state index contributed by atoms with van der Waals surface area (Å²) < 4.78 is 10.3. The Labute approximate surface area is 138 Å². The number of aromatic nitrogens is 2. The molecule has 1 aromatic carbocycles. The van der Waals surface area contributed by atoms with Gasteiger partial charge in [0.05, 0.1) is 12.9 Å². The molecule has 3 aromatic rings. The van der Waals surface area contributed by atoms with Gasteiger partial charge >= 0.3 is 0 Å². The second-order valence-corrected chi connectivity index (χ2v) is 5.19. The zero-order valence-corrected chi connectivity index (χ0v) is 12.9. The smallest absolute Gasteiger partial charge is 0.238 e. The maximum atomic E-state index is 11.9. The number of hydrogen-bond donors (Lipinski definition) is 2. The molecule has 0 fully saturated rings. The molecule has 124 valence electrons. The lowest BCUT2D eigenvalue weighted by Crippen LogP contribution is -2.23. The van der Waals surface area contributed by atoms with Gasteiger partial charge in [-0.05, 0) is 23.3 Å². The number of benzene rings is 1. The lowest BCUT2D eigenvalue weighted by Gasteiger charge is -2.08. The topological polar surface area (TPSA) is 101 Å². The molecule has 3 rings (SSSR count). The average Bonchev–Trinajstić information content (AvgIpc) is 3.29. The number of nitrogens with zero attached hydrogens (tertiary/aromatic N) is 2. The molecule has 0 atom stereocenters. The molecule has 0 aliphatic heterocycles. The van der Waals surface area contributed by atoms with Crippen LogP contribution in [0.25, 0.3) is 11.6 Å². The van der Waals surface area contributed by atoms with Gasteiger partial charge in [-0.3, -0.25) is 4.79 Å². The predicted molar refractivity (Wildman–Crippen MR) is 84.5 cm³/mol. The van der Waals surface area contributed by atoms with E-state index in [1.165, 1.54) is 6.26 Å². The zero-order chi connectivity index (χ0) is 16.8. The predicted octanol–water partition coefficient (Wildman–Crippen LogP) is 2.07. The average molecular weight is 327 g/mol. The summed E-state index contributed by atoms with van der Waals surface area (Å²) in [5.74, 6) is 1.15. The van der Waals surface area contributed by atoms with Crippen molar-refractivity contribution in [1.82, 2.24) is 15.5 Å². The quantitative estimate of drug-likeness (QED) is 0.689. The first-order valence-corrected chi connectivity index (χ1v) is 7.57. The lowest BCUT2D eigenvalue weighted by atomic mass is 10.1. The summed E-state index contributed by atoms with van der Waals surface area (Å²) in [7, 11) is 0. The number of nitrogens with one attached hydrogen (secondary N) is 1. The van der Waals surface area contributed by atoms with Gasteiger partial charge < -0.3 is 19.4 Å². The highest BCUT2D eigenvalue weighted by molar-refractivity contribution is 5.76. The molecule has 0 aliphatic carbocycles. The zero-order valence-electron chi connectivity index (χ0n) is 12.9. The van der Waals surface area contributed by atoms with Crippen LogP contribution in [0.15, 0.2) is 51.6 Å². The van der Waals surface area contributed by atoms with Crippen LogP contribution in [0.1, 0.15) is 23.4 Å². The number of carbonyl (C=O) groups is 1. The van der Waals surface area contributed by atoms with Crippen LogP contribution in [-0.2, 0) is 24.4 Å². The molecular formula is C17H17N3O4. The molecule has 0 spiro atoms. The molecule has 0 aliphatic rings. The Kier molecular flexibility index (Phi) is 5.02. The maximum absolute atomic E-state index is 11.9. The Morgan fingerprint density at radius 3 is 2.75 bits per heavy atom. The maximum Gasteiger partial charge on any atom is 0.238 e. The number of rotatable bonds is 7. The highest BCUT2D eigenvalue weighted by atomic mass is 16.5. The third-order valence-corrected chi connectivity index (χ3v) is 3.54. The van der Waals surface area contributed by atoms with Gasteiger partial charge in [-0.2, -0.15) is 4.98 Å². The van der Waals surface area contributed by atoms with Gasteiger partial charge in [-0.25, -0.2) is 0 Å². The third kappa shape index (κ3) is 3.88. The van der Waals surface area contributed by atoms with Crippen molar-refractivity contribution in [3.05, 3.63) is 59.7 Å². The van der Waals surface area contributed by atoms with Crippen molar-refractivity contribution in [3.8, 4) is 11.6 Å². The van der Waals surface area contributed by atoms with Crippen LogP contribution in [0.5, 0.6) is 0 Å². The molecule has 0 bridgehead atoms. The van der Waals surface area contributed by atoms with E-state index in [4.69, 9.17) is 8.94 Å². The molecule has 24 heavy (non-hydrogen) atoms. The van der Waals surface area contributed by atoms with Gasteiger partial charge in [0.25, 0.3) is 0 Å². The van der Waals surface area contributed by atoms with Crippen molar-refractivity contribution >= 4 is 5.91 Å². The normalized spacial score (nSPS) is 10.7. The van der Waals surface area contributed by atoms with E-state index < -0.39 is 0 Å². The summed E-state index contributed by atoms with van der Waals surface area (Å²) in [5.41, 5.74) is 1.70. The van der Waals surface area contributed by atoms with E-state index in [-0.39, 0.29) is 18.9 Å².